The zero-order valence-electron chi connectivity index (χ0n) is 10.9. The molecule has 0 aliphatic carbocycles. The van der Waals surface area contributed by atoms with E-state index in [0.717, 1.165) is 0 Å². The lowest BCUT2D eigenvalue weighted by atomic mass is 9.64. The first-order valence-corrected chi connectivity index (χ1v) is 5.56. The number of rotatable bonds is 3. The van der Waals surface area contributed by atoms with Crippen molar-refractivity contribution in [2.24, 2.45) is 17.3 Å². The van der Waals surface area contributed by atoms with Crippen molar-refractivity contribution in [3.8, 4) is 0 Å². The van der Waals surface area contributed by atoms with Crippen LogP contribution in [-0.4, -0.2) is 24.7 Å². The van der Waals surface area contributed by atoms with Crippen molar-refractivity contribution in [2.75, 3.05) is 0 Å². The average molecular weight is 358 g/mol. The topological polar surface area (TPSA) is 0 Å². The summed E-state index contributed by atoms with van der Waals surface area (Å²) >= 11 is 0. The van der Waals surface area contributed by atoms with Crippen molar-refractivity contribution in [1.29, 1.82) is 0 Å². The van der Waals surface area contributed by atoms with E-state index in [1.54, 1.807) is 0 Å². The quantitative estimate of drug-likeness (QED) is 0.553. The summed E-state index contributed by atoms with van der Waals surface area (Å²) in [7, 11) is 0. The van der Waals surface area contributed by atoms with Gasteiger partial charge in [0.2, 0.25) is 0 Å². The average Bonchev–Trinajstić information content (AvgIpc) is 2.06. The third-order valence-electron chi connectivity index (χ3n) is 3.39. The summed E-state index contributed by atoms with van der Waals surface area (Å²) in [6, 6.07) is 0. The molecule has 134 valence electrons. The van der Waals surface area contributed by atoms with E-state index < -0.39 is 48.4 Å². The van der Waals surface area contributed by atoms with Gasteiger partial charge < -0.3 is 0 Å². The molecule has 0 spiro atoms. The lowest BCUT2D eigenvalue weighted by Crippen LogP contribution is -2.58. The molecule has 0 heterocycles. The monoisotopic (exact) mass is 358 g/mol. The predicted molar refractivity (Wildman–Crippen MR) is 49.6 cm³/mol. The smallest absolute Gasteiger partial charge is 0.170 e. The molecule has 0 atom stereocenters. The van der Waals surface area contributed by atoms with Crippen molar-refractivity contribution >= 4 is 0 Å². The Bertz CT molecular complexity index is 307. The van der Waals surface area contributed by atoms with Gasteiger partial charge in [-0.25, -0.2) is 0 Å². The van der Waals surface area contributed by atoms with Crippen molar-refractivity contribution in [3.05, 3.63) is 0 Å². The summed E-state index contributed by atoms with van der Waals surface area (Å²) in [5.74, 6) is -9.54. The Kier molecular flexibility index (Phi) is 5.44. The van der Waals surface area contributed by atoms with Crippen LogP contribution in [0.4, 0.5) is 52.7 Å². The second-order valence-electron chi connectivity index (χ2n) is 4.89. The lowest BCUT2D eigenvalue weighted by Gasteiger charge is -2.45. The molecular weight excluding hydrogens is 348 g/mol. The van der Waals surface area contributed by atoms with Gasteiger partial charge in [-0.05, 0) is 6.42 Å². The molecule has 0 nitrogen and oxygen atoms in total. The Morgan fingerprint density at radius 3 is 0.818 bits per heavy atom. The van der Waals surface area contributed by atoms with Crippen LogP contribution in [0.2, 0.25) is 0 Å². The highest BCUT2D eigenvalue weighted by Crippen LogP contribution is 2.61. The SMILES string of the molecule is CCC(C)(C(C(F)(F)F)C(F)(F)F)C(C(F)(F)F)C(F)(F)F. The first-order chi connectivity index (χ1) is 9.29. The largest absolute Gasteiger partial charge is 0.401 e. The number of alkyl halides is 12. The summed E-state index contributed by atoms with van der Waals surface area (Å²) in [5.41, 5.74) is -4.19. The zero-order chi connectivity index (χ0) is 18.4. The van der Waals surface area contributed by atoms with E-state index in [4.69, 9.17) is 0 Å². The van der Waals surface area contributed by atoms with Gasteiger partial charge in [0.05, 0.1) is 0 Å². The Balaban J connectivity index is 6.44. The van der Waals surface area contributed by atoms with Gasteiger partial charge in [0.25, 0.3) is 0 Å². The molecule has 0 unspecified atom stereocenters. The molecule has 0 radical (unpaired) electrons. The van der Waals surface area contributed by atoms with Crippen molar-refractivity contribution in [2.45, 2.75) is 45.0 Å². The fourth-order valence-corrected chi connectivity index (χ4v) is 2.44. The molecule has 0 aromatic heterocycles. The van der Waals surface area contributed by atoms with E-state index in [2.05, 4.69) is 0 Å². The molecule has 0 aromatic rings. The third kappa shape index (κ3) is 4.34. The number of hydrogen-bond donors (Lipinski definition) is 0. The van der Waals surface area contributed by atoms with Gasteiger partial charge in [0.1, 0.15) is 0 Å². The number of hydrogen-bond acceptors (Lipinski definition) is 0. The normalized spacial score (nSPS) is 15.8. The molecule has 0 N–H and O–H groups in total. The summed E-state index contributed by atoms with van der Waals surface area (Å²) in [6.45, 7) is 0.110. The maximum atomic E-state index is 12.6. The molecule has 0 aliphatic heterocycles. The molecule has 0 amide bonds. The van der Waals surface area contributed by atoms with Crippen LogP contribution in [0.3, 0.4) is 0 Å². The molecule has 0 aliphatic rings. The summed E-state index contributed by atoms with van der Waals surface area (Å²) < 4.78 is 151. The van der Waals surface area contributed by atoms with E-state index >= 15 is 0 Å². The predicted octanol–water partition coefficient (Wildman–Crippen LogP) is 5.88. The first kappa shape index (κ1) is 21.2. The van der Waals surface area contributed by atoms with Gasteiger partial charge in [-0.1, -0.05) is 13.8 Å². The van der Waals surface area contributed by atoms with Crippen LogP contribution in [-0.2, 0) is 0 Å². The van der Waals surface area contributed by atoms with Gasteiger partial charge in [-0.15, -0.1) is 0 Å². The molecule has 0 rings (SSSR count). The van der Waals surface area contributed by atoms with Crippen molar-refractivity contribution < 1.29 is 52.7 Å². The second-order valence-corrected chi connectivity index (χ2v) is 4.89. The van der Waals surface area contributed by atoms with E-state index in [9.17, 15) is 52.7 Å². The van der Waals surface area contributed by atoms with Gasteiger partial charge in [-0.2, -0.15) is 52.7 Å². The van der Waals surface area contributed by atoms with Crippen LogP contribution in [0.25, 0.3) is 0 Å². The van der Waals surface area contributed by atoms with Crippen LogP contribution in [0.1, 0.15) is 20.3 Å². The highest BCUT2D eigenvalue weighted by molar-refractivity contribution is 4.99. The summed E-state index contributed by atoms with van der Waals surface area (Å²) in [6.07, 6.45) is -26.9. The van der Waals surface area contributed by atoms with E-state index in [1.807, 2.05) is 0 Å². The Morgan fingerprint density at radius 2 is 0.727 bits per heavy atom. The zero-order valence-corrected chi connectivity index (χ0v) is 10.9. The summed E-state index contributed by atoms with van der Waals surface area (Å²) in [4.78, 5) is 0. The first-order valence-electron chi connectivity index (χ1n) is 5.56. The minimum atomic E-state index is -6.32. The Labute approximate surface area is 116 Å². The standard InChI is InChI=1S/C10H10F12/c1-3-6(2,4(7(11,12)13)8(14,15)16)5(9(17,18)19)10(20,21)22/h4-5H,3H2,1-2H3. The highest BCUT2D eigenvalue weighted by atomic mass is 19.4. The fraction of sp³-hybridized carbons (Fsp3) is 1.00. The Hall–Kier alpha value is -0.840. The van der Waals surface area contributed by atoms with Crippen LogP contribution >= 0.6 is 0 Å². The van der Waals surface area contributed by atoms with Crippen LogP contribution in [0, 0.1) is 17.3 Å². The van der Waals surface area contributed by atoms with Gasteiger partial charge >= 0.3 is 24.7 Å². The van der Waals surface area contributed by atoms with E-state index in [-0.39, 0.29) is 6.92 Å². The third-order valence-corrected chi connectivity index (χ3v) is 3.39. The lowest BCUT2D eigenvalue weighted by molar-refractivity contribution is -0.372. The van der Waals surface area contributed by atoms with E-state index in [1.165, 1.54) is 0 Å². The van der Waals surface area contributed by atoms with Crippen LogP contribution < -0.4 is 0 Å². The van der Waals surface area contributed by atoms with E-state index in [0.29, 0.717) is 6.92 Å². The second kappa shape index (κ2) is 5.66. The highest BCUT2D eigenvalue weighted by Gasteiger charge is 2.74. The van der Waals surface area contributed by atoms with Crippen molar-refractivity contribution in [3.63, 3.8) is 0 Å². The Morgan fingerprint density at radius 1 is 0.545 bits per heavy atom. The van der Waals surface area contributed by atoms with Gasteiger partial charge in [-0.3, -0.25) is 0 Å². The maximum Gasteiger partial charge on any atom is 0.401 e. The number of halogens is 12. The maximum absolute atomic E-state index is 12.6. The van der Waals surface area contributed by atoms with Crippen LogP contribution in [0.15, 0.2) is 0 Å². The minimum absolute atomic E-state index is 0.301. The van der Waals surface area contributed by atoms with Crippen molar-refractivity contribution in [1.82, 2.24) is 0 Å². The molecule has 0 bridgehead atoms. The molecule has 0 saturated carbocycles. The molecule has 0 fully saturated rings. The molecule has 0 aromatic carbocycles. The van der Waals surface area contributed by atoms with Gasteiger partial charge in [0, 0.05) is 5.41 Å². The molecular formula is C10H10F12. The van der Waals surface area contributed by atoms with Gasteiger partial charge in [0.15, 0.2) is 11.8 Å². The van der Waals surface area contributed by atoms with Crippen LogP contribution in [0.5, 0.6) is 0 Å². The summed E-state index contributed by atoms with van der Waals surface area (Å²) in [5, 5.41) is 0. The minimum Gasteiger partial charge on any atom is -0.170 e. The fourth-order valence-electron chi connectivity index (χ4n) is 2.44. The molecule has 22 heavy (non-hydrogen) atoms. The molecule has 12 heteroatoms. The molecule has 0 saturated heterocycles.